The molecule has 3 aromatic rings. The van der Waals surface area contributed by atoms with Crippen molar-refractivity contribution in [3.05, 3.63) is 75.7 Å². The summed E-state index contributed by atoms with van der Waals surface area (Å²) < 4.78 is 25.9. The van der Waals surface area contributed by atoms with E-state index in [0.717, 1.165) is 18.3 Å². The fourth-order valence-electron chi connectivity index (χ4n) is 2.10. The van der Waals surface area contributed by atoms with Gasteiger partial charge in [0, 0.05) is 5.39 Å². The van der Waals surface area contributed by atoms with Crippen molar-refractivity contribution >= 4 is 22.9 Å². The van der Waals surface area contributed by atoms with E-state index in [2.05, 4.69) is 20.7 Å². The zero-order chi connectivity index (χ0) is 17.1. The molecule has 2 N–H and O–H groups in total. The summed E-state index contributed by atoms with van der Waals surface area (Å²) in [6, 6.07) is 9.70. The molecule has 0 aliphatic carbocycles. The number of carbonyl (C=O) groups excluding carboxylic acids is 1. The molecule has 0 saturated heterocycles. The molecular formula is C16H10F2N4O2. The molecule has 24 heavy (non-hydrogen) atoms. The number of aromatic nitrogens is 2. The molecule has 3 rings (SSSR count). The van der Waals surface area contributed by atoms with Crippen LogP contribution in [0.15, 0.2) is 52.4 Å². The van der Waals surface area contributed by atoms with Gasteiger partial charge in [-0.2, -0.15) is 10.2 Å². The Labute approximate surface area is 133 Å². The van der Waals surface area contributed by atoms with E-state index in [1.165, 1.54) is 6.07 Å². The molecule has 0 aliphatic rings. The number of fused-ring (bicyclic) bond motifs is 1. The summed E-state index contributed by atoms with van der Waals surface area (Å²) in [5.41, 5.74) is 2.08. The van der Waals surface area contributed by atoms with Crippen molar-refractivity contribution in [2.24, 2.45) is 5.10 Å². The highest BCUT2D eigenvalue weighted by atomic mass is 19.2. The summed E-state index contributed by atoms with van der Waals surface area (Å²) in [6.07, 6.45) is 1.16. The van der Waals surface area contributed by atoms with Gasteiger partial charge in [0.2, 0.25) is 0 Å². The molecule has 0 unspecified atom stereocenters. The molecule has 1 amide bonds. The van der Waals surface area contributed by atoms with E-state index < -0.39 is 23.1 Å². The van der Waals surface area contributed by atoms with Crippen molar-refractivity contribution in [1.82, 2.24) is 15.6 Å². The molecule has 0 bridgehead atoms. The number of halogens is 2. The second kappa shape index (κ2) is 6.37. The zero-order valence-corrected chi connectivity index (χ0v) is 12.1. The highest BCUT2D eigenvalue weighted by Crippen LogP contribution is 2.12. The fraction of sp³-hybridized carbons (Fsp3) is 0. The van der Waals surface area contributed by atoms with Gasteiger partial charge < -0.3 is 0 Å². The number of benzene rings is 2. The summed E-state index contributed by atoms with van der Waals surface area (Å²) in [5.74, 6) is -2.64. The van der Waals surface area contributed by atoms with Crippen LogP contribution in [0.2, 0.25) is 0 Å². The minimum Gasteiger partial charge on any atom is -0.267 e. The largest absolute Gasteiger partial charge is 0.292 e. The molecule has 0 saturated carbocycles. The van der Waals surface area contributed by atoms with Gasteiger partial charge in [-0.25, -0.2) is 19.3 Å². The van der Waals surface area contributed by atoms with Crippen LogP contribution in [-0.4, -0.2) is 22.3 Å². The maximum atomic E-state index is 13.1. The molecule has 0 atom stereocenters. The van der Waals surface area contributed by atoms with Crippen LogP contribution in [0, 0.1) is 11.6 Å². The van der Waals surface area contributed by atoms with Gasteiger partial charge in [-0.3, -0.25) is 9.59 Å². The van der Waals surface area contributed by atoms with Crippen LogP contribution >= 0.6 is 0 Å². The predicted molar refractivity (Wildman–Crippen MR) is 83.8 cm³/mol. The molecule has 6 nitrogen and oxygen atoms in total. The topological polar surface area (TPSA) is 87.2 Å². The summed E-state index contributed by atoms with van der Waals surface area (Å²) in [6.45, 7) is 0. The van der Waals surface area contributed by atoms with E-state index in [9.17, 15) is 18.4 Å². The van der Waals surface area contributed by atoms with Crippen LogP contribution in [0.3, 0.4) is 0 Å². The first-order valence-electron chi connectivity index (χ1n) is 6.82. The van der Waals surface area contributed by atoms with Gasteiger partial charge in [0.1, 0.15) is 0 Å². The summed E-state index contributed by atoms with van der Waals surface area (Å²) in [4.78, 5) is 23.8. The normalized spacial score (nSPS) is 11.1. The maximum Gasteiger partial charge on any atom is 0.292 e. The number of nitrogens with zero attached hydrogens (tertiary/aromatic N) is 2. The SMILES string of the molecule is O=C(N/N=C\c1ccc(F)c(F)c1)c1n[nH]c(=O)c2ccccc12. The number of H-pyrrole nitrogens is 1. The number of amides is 1. The highest BCUT2D eigenvalue weighted by molar-refractivity contribution is 6.04. The Morgan fingerprint density at radius 3 is 2.62 bits per heavy atom. The Kier molecular flexibility index (Phi) is 4.11. The van der Waals surface area contributed by atoms with Crippen molar-refractivity contribution in [3.63, 3.8) is 0 Å². The van der Waals surface area contributed by atoms with Gasteiger partial charge in [0.25, 0.3) is 11.5 Å². The van der Waals surface area contributed by atoms with Gasteiger partial charge in [-0.05, 0) is 23.8 Å². The van der Waals surface area contributed by atoms with Crippen LogP contribution in [-0.2, 0) is 0 Å². The zero-order valence-electron chi connectivity index (χ0n) is 12.1. The highest BCUT2D eigenvalue weighted by Gasteiger charge is 2.13. The van der Waals surface area contributed by atoms with Crippen molar-refractivity contribution in [1.29, 1.82) is 0 Å². The van der Waals surface area contributed by atoms with E-state index in [1.54, 1.807) is 24.3 Å². The Bertz CT molecular complexity index is 1010. The number of nitrogens with one attached hydrogen (secondary N) is 2. The van der Waals surface area contributed by atoms with E-state index in [1.807, 2.05) is 0 Å². The lowest BCUT2D eigenvalue weighted by atomic mass is 10.1. The molecule has 0 radical (unpaired) electrons. The van der Waals surface area contributed by atoms with E-state index >= 15 is 0 Å². The molecule has 0 spiro atoms. The lowest BCUT2D eigenvalue weighted by Crippen LogP contribution is -2.22. The summed E-state index contributed by atoms with van der Waals surface area (Å²) in [5, 5.41) is 10.3. The lowest BCUT2D eigenvalue weighted by Gasteiger charge is -2.03. The number of rotatable bonds is 3. The first-order valence-corrected chi connectivity index (χ1v) is 6.82. The number of hydrazone groups is 1. The van der Waals surface area contributed by atoms with Crippen molar-refractivity contribution < 1.29 is 13.6 Å². The van der Waals surface area contributed by atoms with Gasteiger partial charge >= 0.3 is 0 Å². The fourth-order valence-corrected chi connectivity index (χ4v) is 2.10. The smallest absolute Gasteiger partial charge is 0.267 e. The van der Waals surface area contributed by atoms with Crippen molar-refractivity contribution in [2.45, 2.75) is 0 Å². The Morgan fingerprint density at radius 1 is 1.12 bits per heavy atom. The van der Waals surface area contributed by atoms with E-state index in [0.29, 0.717) is 10.8 Å². The summed E-state index contributed by atoms with van der Waals surface area (Å²) in [7, 11) is 0. The minimum atomic E-state index is -1.02. The third-order valence-corrected chi connectivity index (χ3v) is 3.23. The van der Waals surface area contributed by atoms with Gasteiger partial charge in [-0.1, -0.05) is 24.3 Å². The van der Waals surface area contributed by atoms with Gasteiger partial charge in [0.05, 0.1) is 11.6 Å². The second-order valence-electron chi connectivity index (χ2n) is 4.82. The van der Waals surface area contributed by atoms with Crippen LogP contribution in [0.5, 0.6) is 0 Å². The molecule has 8 heteroatoms. The van der Waals surface area contributed by atoms with Crippen LogP contribution in [0.4, 0.5) is 8.78 Å². The van der Waals surface area contributed by atoms with E-state index in [4.69, 9.17) is 0 Å². The molecule has 2 aromatic carbocycles. The lowest BCUT2D eigenvalue weighted by molar-refractivity contribution is 0.0951. The molecule has 120 valence electrons. The van der Waals surface area contributed by atoms with E-state index in [-0.39, 0.29) is 11.3 Å². The third kappa shape index (κ3) is 3.02. The first kappa shape index (κ1) is 15.5. The minimum absolute atomic E-state index is 0.00682. The quantitative estimate of drug-likeness (QED) is 0.569. The maximum absolute atomic E-state index is 13.1. The third-order valence-electron chi connectivity index (χ3n) is 3.23. The monoisotopic (exact) mass is 328 g/mol. The van der Waals surface area contributed by atoms with Gasteiger partial charge in [-0.15, -0.1) is 0 Å². The summed E-state index contributed by atoms with van der Waals surface area (Å²) >= 11 is 0. The first-order chi connectivity index (χ1) is 11.6. The number of hydrogen-bond acceptors (Lipinski definition) is 4. The number of hydrogen-bond donors (Lipinski definition) is 2. The van der Waals surface area contributed by atoms with Crippen molar-refractivity contribution in [2.75, 3.05) is 0 Å². The Hall–Kier alpha value is -3.42. The molecule has 0 aliphatic heterocycles. The standard InChI is InChI=1S/C16H10F2N4O2/c17-12-6-5-9(7-13(12)18)8-19-21-16(24)14-10-3-1-2-4-11(10)15(23)22-20-14/h1-8H,(H,21,24)(H,22,23)/b19-8-. The number of carbonyl (C=O) groups is 1. The van der Waals surface area contributed by atoms with Crippen molar-refractivity contribution in [3.8, 4) is 0 Å². The van der Waals surface area contributed by atoms with Crippen LogP contribution < -0.4 is 11.0 Å². The molecule has 1 heterocycles. The molecular weight excluding hydrogens is 318 g/mol. The molecule has 1 aromatic heterocycles. The Morgan fingerprint density at radius 2 is 1.88 bits per heavy atom. The average molecular weight is 328 g/mol. The molecule has 0 fully saturated rings. The second-order valence-corrected chi connectivity index (χ2v) is 4.82. The predicted octanol–water partition coefficient (Wildman–Crippen LogP) is 1.97. The van der Waals surface area contributed by atoms with Gasteiger partial charge in [0.15, 0.2) is 17.3 Å². The van der Waals surface area contributed by atoms with Crippen LogP contribution in [0.25, 0.3) is 10.8 Å². The number of aromatic amines is 1. The average Bonchev–Trinajstić information content (AvgIpc) is 2.58. The van der Waals surface area contributed by atoms with Crippen LogP contribution in [0.1, 0.15) is 16.1 Å². The Balaban J connectivity index is 1.83.